The summed E-state index contributed by atoms with van der Waals surface area (Å²) >= 11 is 0.912. The Bertz CT molecular complexity index is 980. The quantitative estimate of drug-likeness (QED) is 0.0463. The molecule has 2 unspecified atom stereocenters. The minimum atomic E-state index is -5.31. The van der Waals surface area contributed by atoms with Crippen LogP contribution >= 0.6 is 35.2 Å². The zero-order valence-corrected chi connectivity index (χ0v) is 80.6. The molecular formula is C15H46Ac10N7O18P3S-4. The molecule has 0 aromatic heterocycles. The van der Waals surface area contributed by atoms with Crippen molar-refractivity contribution < 1.29 is 528 Å². The van der Waals surface area contributed by atoms with E-state index in [1.807, 2.05) is 0 Å². The number of aliphatic hydroxyl groups is 1. The molecule has 24 N–H and O–H groups in total. The van der Waals surface area contributed by atoms with Gasteiger partial charge in [-0.25, -0.2) is 13.7 Å². The maximum atomic E-state index is 12.0. The Morgan fingerprint density at radius 1 is 0.722 bits per heavy atom. The second kappa shape index (κ2) is 70.4. The third kappa shape index (κ3) is 94.9. The van der Waals surface area contributed by atoms with Crippen LogP contribution in [-0.4, -0.2) is 94.2 Å². The van der Waals surface area contributed by atoms with Crippen LogP contribution in [0.2, 0.25) is 0 Å². The number of hydrogen-bond donors (Lipinski definition) is 9. The number of nitrogens with two attached hydrogens (primary N) is 5. The first-order valence-corrected chi connectivity index (χ1v) is 15.4. The van der Waals surface area contributed by atoms with E-state index >= 15 is 0 Å². The monoisotopic (exact) mass is 3010 g/mol. The van der Waals surface area contributed by atoms with E-state index < -0.39 is 53.4 Å². The molecule has 2 atom stereocenters. The Hall–Kier alpha value is 13.1. The largest absolute Gasteiger partial charge is 0.693 e. The number of phosphoric ester groups is 1. The molecule has 0 aliphatic rings. The number of aliphatic hydroxyl groups excluding tert-OH is 1. The molecular weight excluding hydrogens is 2960 g/mol. The first kappa shape index (κ1) is 127. The van der Waals surface area contributed by atoms with E-state index in [0.717, 1.165) is 11.8 Å². The Morgan fingerprint density at radius 2 is 1.07 bits per heavy atom. The minimum Gasteiger partial charge on any atom is -0.693 e. The van der Waals surface area contributed by atoms with E-state index in [4.69, 9.17) is 29.0 Å². The van der Waals surface area contributed by atoms with Gasteiger partial charge in [-0.05, 0) is 6.92 Å². The van der Waals surface area contributed by atoms with Crippen molar-refractivity contribution in [3.8, 4) is 0 Å². The van der Waals surface area contributed by atoms with Gasteiger partial charge in [0.2, 0.25) is 11.8 Å². The van der Waals surface area contributed by atoms with Crippen molar-refractivity contribution in [3.05, 3.63) is 30.8 Å². The zero-order valence-electron chi connectivity index (χ0n) is 29.6. The topological polar surface area (TPSA) is 536 Å². The van der Waals surface area contributed by atoms with E-state index in [0.29, 0.717) is 0 Å². The maximum Gasteiger partial charge on any atom is 0.481 e. The van der Waals surface area contributed by atoms with Crippen molar-refractivity contribution in [3.63, 3.8) is 0 Å². The molecule has 10 radical (unpaired) electrons. The molecule has 0 aromatic carbocycles. The molecule has 25 nitrogen and oxygen atoms in total. The molecule has 54 heavy (non-hydrogen) atoms. The van der Waals surface area contributed by atoms with Crippen molar-refractivity contribution >= 4 is 57.9 Å². The van der Waals surface area contributed by atoms with E-state index in [1.165, 1.54) is 20.8 Å². The van der Waals surface area contributed by atoms with Crippen molar-refractivity contribution in [2.75, 3.05) is 25.4 Å². The molecule has 0 saturated carbocycles. The normalized spacial score (nSPS) is 9.89. The number of carbonyl (C=O) groups excluding carboxylic acids is 4. The van der Waals surface area contributed by atoms with Crippen molar-refractivity contribution in [2.45, 2.75) is 39.7 Å². The number of carbonyl (C=O) groups is 4. The van der Waals surface area contributed by atoms with Crippen LogP contribution in [0.5, 0.6) is 0 Å². The Balaban J connectivity index is -0.0000000307. The molecule has 0 fully saturated rings. The molecule has 0 saturated heterocycles. The van der Waals surface area contributed by atoms with Crippen molar-refractivity contribution in [1.29, 1.82) is 0 Å². The Kier molecular flexibility index (Phi) is 165. The van der Waals surface area contributed by atoms with Gasteiger partial charge < -0.3 is 86.8 Å². The molecule has 304 valence electrons. The predicted molar refractivity (Wildman–Crippen MR) is 161 cm³/mol. The molecule has 0 rings (SSSR count). The van der Waals surface area contributed by atoms with Gasteiger partial charge in [-0.3, -0.25) is 23.7 Å². The average Bonchev–Trinajstić information content (AvgIpc) is 2.65. The summed E-state index contributed by atoms with van der Waals surface area (Å²) in [6.45, 7) is 3.13. The number of amides is 2. The van der Waals surface area contributed by atoms with Crippen LogP contribution in [0.25, 0.3) is 30.8 Å². The zero-order chi connectivity index (χ0) is 29.7. The van der Waals surface area contributed by atoms with Crippen LogP contribution in [0.4, 0.5) is 0 Å². The molecule has 0 aliphatic carbocycles. The second-order valence-electron chi connectivity index (χ2n) is 7.71. The smallest absolute Gasteiger partial charge is 0.481 e. The number of Topliss-reactive ketones (excluding diaryl/α,β-unsaturated/α-hetero) is 1. The third-order valence-electron chi connectivity index (χ3n) is 3.53. The van der Waals surface area contributed by atoms with Gasteiger partial charge in [0, 0.05) is 471 Å². The van der Waals surface area contributed by atoms with Crippen LogP contribution in [0, 0.1) is 446 Å². The van der Waals surface area contributed by atoms with Gasteiger partial charge in [-0.15, -0.1) is 0 Å². The number of hydrogen-bond acceptors (Lipinski definition) is 11. The van der Waals surface area contributed by atoms with Gasteiger partial charge in [-0.2, -0.15) is 4.31 Å². The third-order valence-corrected chi connectivity index (χ3v) is 6.54. The first-order valence-electron chi connectivity index (χ1n) is 9.85. The summed E-state index contributed by atoms with van der Waals surface area (Å²) in [5.41, 5.74) is -1.47. The van der Waals surface area contributed by atoms with E-state index in [2.05, 4.69) is 19.5 Å². The fourth-order valence-electron chi connectivity index (χ4n) is 1.93. The molecule has 2 amide bonds. The van der Waals surface area contributed by atoms with Crippen molar-refractivity contribution in [1.82, 2.24) is 10.6 Å². The van der Waals surface area contributed by atoms with Crippen LogP contribution in [-0.2, 0) is 47.2 Å². The van der Waals surface area contributed by atoms with Crippen LogP contribution in [0.1, 0.15) is 33.6 Å². The van der Waals surface area contributed by atoms with Crippen LogP contribution in [0.15, 0.2) is 0 Å². The molecule has 0 spiro atoms. The number of nitrogens with one attached hydrogen (secondary N) is 2. The molecule has 0 heterocycles. The first-order chi connectivity index (χ1) is 16.4. The Morgan fingerprint density at radius 3 is 1.39 bits per heavy atom. The van der Waals surface area contributed by atoms with Gasteiger partial charge >= 0.3 is 23.5 Å². The summed E-state index contributed by atoms with van der Waals surface area (Å²) in [4.78, 5) is 93.8. The number of rotatable bonds is 15. The summed E-state index contributed by atoms with van der Waals surface area (Å²) < 4.78 is 39.0. The summed E-state index contributed by atoms with van der Waals surface area (Å²) in [5.74, 6) is -1.32. The number of thioether (sulfide) groups is 1. The second-order valence-corrected chi connectivity index (χ2v) is 12.7. The van der Waals surface area contributed by atoms with Gasteiger partial charge in [-0.1, -0.05) is 25.6 Å². The number of ketones is 1. The van der Waals surface area contributed by atoms with Crippen LogP contribution < -0.4 is 10.6 Å². The fraction of sp³-hybridized carbons (Fsp3) is 0.733. The summed E-state index contributed by atoms with van der Waals surface area (Å²) in [6, 6.07) is 0. The van der Waals surface area contributed by atoms with E-state index in [9.17, 15) is 38.3 Å². The summed E-state index contributed by atoms with van der Waals surface area (Å²) in [7, 11) is -15.1. The van der Waals surface area contributed by atoms with Gasteiger partial charge in [0.1, 0.15) is 11.9 Å². The molecule has 0 bridgehead atoms. The summed E-state index contributed by atoms with van der Waals surface area (Å²) in [6.07, 6.45) is -2.08. The maximum absolute atomic E-state index is 12.0. The predicted octanol–water partition coefficient (Wildman–Crippen LogP) is 0.372. The van der Waals surface area contributed by atoms with Gasteiger partial charge in [0.25, 0.3) is 0 Å². The SMILES string of the molecule is CC(=O)CC(=O)SCCNC(=O)CCNC(=O)C(O)C(C)(C)COP(=O)(O)OP(=O)(O)O.O.O=P(O)(O)O.[Ac].[Ac].[Ac].[Ac].[Ac].[Ac].[Ac].[Ac].[Ac].[Ac].[NH2-].[NH2-].[NH2-].[NH2-].[NH2-].[OH3+]. The minimum absolute atomic E-state index is 0. The standard InChI is InChI=1S/C15H28N2O12P2S.10Ac.5H2N.H3O4P.2H2O/c1-10(18)8-12(20)32-7-6-16-11(19)4-5-17-14(22)13(21)15(2,3)9-28-31(26,27)29-30(23,24)25;;;;;;;;;;;;;;;;1-5(2,3)4;;/h13,21H,4-9H2,1-3H3,(H,16,19)(H,17,22)(H,26,27)(H2,23,24,25);;;;;;;;;;;5*1H2;(H3,1,2,3,4);2*1H2/q;;;;;;;;;;;5*-1;;;/p+1. The number of phosphoric acid groups is 3. The molecule has 0 aliphatic heterocycles. The van der Waals surface area contributed by atoms with Gasteiger partial charge in [0.15, 0.2) is 5.12 Å². The Labute approximate surface area is 677 Å². The molecule has 0 aromatic rings. The fourth-order valence-corrected chi connectivity index (χ4v) is 4.43. The van der Waals surface area contributed by atoms with E-state index in [-0.39, 0.29) is 525 Å². The van der Waals surface area contributed by atoms with E-state index in [1.54, 1.807) is 0 Å². The van der Waals surface area contributed by atoms with Crippen molar-refractivity contribution in [2.24, 2.45) is 5.41 Å². The molecule has 39 heteroatoms. The van der Waals surface area contributed by atoms with Gasteiger partial charge in [0.05, 0.1) is 13.0 Å². The average molecular weight is 3010 g/mol. The van der Waals surface area contributed by atoms with Crippen LogP contribution in [0.3, 0.4) is 0 Å². The summed E-state index contributed by atoms with van der Waals surface area (Å²) in [5, 5.41) is 14.6.